The van der Waals surface area contributed by atoms with E-state index in [-0.39, 0.29) is 17.0 Å². The fourth-order valence-electron chi connectivity index (χ4n) is 5.10. The lowest BCUT2D eigenvalue weighted by molar-refractivity contribution is 0.0414. The standard InChI is InChI=1S/C32H34ClN5O3S/c1-3-22(18-23(34)4-2)21-41-25-16-14-24(15-17-25)36-32-35-19-29(33)31(37-32)28-20-38(30-13-9-8-12-27(28)30)42(39,40)26-10-6-5-7-11-26/h3-13,18-20,24-25H,1,14-17,21,34H2,2H3,(H,35,36,37)/b22-18+,23-4+/t24-,25-. The number of anilines is 1. The first kappa shape index (κ1) is 29.6. The van der Waals surface area contributed by atoms with Crippen LogP contribution in [0.3, 0.4) is 0 Å². The van der Waals surface area contributed by atoms with Crippen LogP contribution < -0.4 is 11.1 Å². The third-order valence-electron chi connectivity index (χ3n) is 7.42. The molecule has 0 unspecified atom stereocenters. The topological polar surface area (TPSA) is 112 Å². The van der Waals surface area contributed by atoms with Crippen molar-refractivity contribution in [2.24, 2.45) is 5.73 Å². The number of hydrogen-bond acceptors (Lipinski definition) is 7. The van der Waals surface area contributed by atoms with Gasteiger partial charge in [-0.1, -0.05) is 66.7 Å². The summed E-state index contributed by atoms with van der Waals surface area (Å²) in [5.41, 5.74) is 9.16. The normalized spacial score (nSPS) is 18.2. The molecule has 1 saturated carbocycles. The molecule has 3 N–H and O–H groups in total. The molecule has 0 bridgehead atoms. The molecule has 4 aromatic rings. The van der Waals surface area contributed by atoms with Gasteiger partial charge in [-0.25, -0.2) is 22.4 Å². The van der Waals surface area contributed by atoms with Crippen LogP contribution in [0.15, 0.2) is 108 Å². The summed E-state index contributed by atoms with van der Waals surface area (Å²) in [5, 5.41) is 4.51. The largest absolute Gasteiger partial charge is 0.399 e. The monoisotopic (exact) mass is 603 g/mol. The van der Waals surface area contributed by atoms with Crippen LogP contribution in [-0.4, -0.2) is 41.1 Å². The lowest BCUT2D eigenvalue weighted by atomic mass is 9.93. The van der Waals surface area contributed by atoms with E-state index < -0.39 is 10.0 Å². The Morgan fingerprint density at radius 2 is 1.86 bits per heavy atom. The Kier molecular flexibility index (Phi) is 9.11. The number of rotatable bonds is 10. The molecule has 10 heteroatoms. The third kappa shape index (κ3) is 6.43. The zero-order valence-electron chi connectivity index (χ0n) is 23.4. The second-order valence-electron chi connectivity index (χ2n) is 10.2. The van der Waals surface area contributed by atoms with E-state index in [1.54, 1.807) is 54.9 Å². The molecule has 2 aromatic heterocycles. The van der Waals surface area contributed by atoms with Gasteiger partial charge in [-0.05, 0) is 62.5 Å². The average molecular weight is 604 g/mol. The van der Waals surface area contributed by atoms with Crippen molar-refractivity contribution >= 4 is 38.5 Å². The first-order valence-corrected chi connectivity index (χ1v) is 15.7. The summed E-state index contributed by atoms with van der Waals surface area (Å²) in [6.07, 6.45) is 12.4. The lowest BCUT2D eigenvalue weighted by Crippen LogP contribution is -2.30. The zero-order valence-corrected chi connectivity index (χ0v) is 25.0. The molecule has 2 aromatic carbocycles. The number of fused-ring (bicyclic) bond motifs is 1. The molecule has 0 spiro atoms. The summed E-state index contributed by atoms with van der Waals surface area (Å²) in [5.74, 6) is 0.445. The molecule has 42 heavy (non-hydrogen) atoms. The molecule has 1 aliphatic carbocycles. The number of aromatic nitrogens is 3. The van der Waals surface area contributed by atoms with Crippen molar-refractivity contribution in [3.8, 4) is 11.3 Å². The predicted octanol–water partition coefficient (Wildman–Crippen LogP) is 6.70. The number of benzene rings is 2. The van der Waals surface area contributed by atoms with E-state index >= 15 is 0 Å². The van der Waals surface area contributed by atoms with Gasteiger partial charge in [0.25, 0.3) is 10.0 Å². The summed E-state index contributed by atoms with van der Waals surface area (Å²) in [7, 11) is -3.84. The summed E-state index contributed by atoms with van der Waals surface area (Å²) in [4.78, 5) is 9.37. The van der Waals surface area contributed by atoms with Gasteiger partial charge in [0.05, 0.1) is 40.0 Å². The molecule has 0 atom stereocenters. The Labute approximate surface area is 251 Å². The highest BCUT2D eigenvalue weighted by atomic mass is 35.5. The Balaban J connectivity index is 1.33. The van der Waals surface area contributed by atoms with Crippen molar-refractivity contribution in [3.63, 3.8) is 0 Å². The number of halogens is 1. The van der Waals surface area contributed by atoms with Crippen molar-refractivity contribution in [1.82, 2.24) is 13.9 Å². The van der Waals surface area contributed by atoms with E-state index in [0.717, 1.165) is 36.6 Å². The Morgan fingerprint density at radius 1 is 1.14 bits per heavy atom. The number of allylic oxidation sites excluding steroid dienone is 2. The van der Waals surface area contributed by atoms with Crippen LogP contribution >= 0.6 is 11.6 Å². The van der Waals surface area contributed by atoms with Crippen LogP contribution in [0.25, 0.3) is 22.2 Å². The van der Waals surface area contributed by atoms with Gasteiger partial charge in [0.1, 0.15) is 0 Å². The summed E-state index contributed by atoms with van der Waals surface area (Å²) in [6, 6.07) is 15.8. The zero-order chi connectivity index (χ0) is 29.7. The first-order chi connectivity index (χ1) is 20.3. The van der Waals surface area contributed by atoms with E-state index in [1.807, 2.05) is 37.3 Å². The van der Waals surface area contributed by atoms with Crippen LogP contribution in [0.1, 0.15) is 32.6 Å². The van der Waals surface area contributed by atoms with Gasteiger partial charge in [0.15, 0.2) is 0 Å². The molecule has 218 valence electrons. The maximum absolute atomic E-state index is 13.6. The fourth-order valence-corrected chi connectivity index (χ4v) is 6.68. The van der Waals surface area contributed by atoms with Crippen molar-refractivity contribution in [2.45, 2.75) is 49.6 Å². The Bertz CT molecular complexity index is 1740. The van der Waals surface area contributed by atoms with Crippen LogP contribution in [0, 0.1) is 0 Å². The van der Waals surface area contributed by atoms with Gasteiger partial charge in [-0.3, -0.25) is 0 Å². The number of ether oxygens (including phenoxy) is 1. The summed E-state index contributed by atoms with van der Waals surface area (Å²) >= 11 is 6.60. The van der Waals surface area contributed by atoms with Crippen LogP contribution in [0.2, 0.25) is 5.02 Å². The Hall–Kier alpha value is -3.92. The number of nitrogens with two attached hydrogens (primary N) is 1. The van der Waals surface area contributed by atoms with E-state index in [9.17, 15) is 8.42 Å². The molecule has 2 heterocycles. The molecule has 8 nitrogen and oxygen atoms in total. The highest BCUT2D eigenvalue weighted by molar-refractivity contribution is 7.90. The van der Waals surface area contributed by atoms with Gasteiger partial charge in [-0.15, -0.1) is 0 Å². The van der Waals surface area contributed by atoms with E-state index in [0.29, 0.717) is 40.0 Å². The van der Waals surface area contributed by atoms with E-state index in [2.05, 4.69) is 16.9 Å². The number of nitrogens with zero attached hydrogens (tertiary/aromatic N) is 3. The molecule has 0 aliphatic heterocycles. The maximum Gasteiger partial charge on any atom is 0.268 e. The molecule has 5 rings (SSSR count). The summed E-state index contributed by atoms with van der Waals surface area (Å²) in [6.45, 7) is 6.22. The minimum absolute atomic E-state index is 0.151. The number of nitrogens with one attached hydrogen (secondary N) is 1. The fraction of sp³-hybridized carbons (Fsp3) is 0.250. The molecular formula is C32H34ClN5O3S. The smallest absolute Gasteiger partial charge is 0.268 e. The average Bonchev–Trinajstić information content (AvgIpc) is 3.41. The minimum Gasteiger partial charge on any atom is -0.399 e. The molecule has 1 aliphatic rings. The summed E-state index contributed by atoms with van der Waals surface area (Å²) < 4.78 is 34.5. The molecule has 1 fully saturated rings. The molecular weight excluding hydrogens is 570 g/mol. The van der Waals surface area contributed by atoms with Crippen molar-refractivity contribution in [3.05, 3.63) is 108 Å². The number of hydrogen-bond donors (Lipinski definition) is 2. The first-order valence-electron chi connectivity index (χ1n) is 13.9. The van der Waals surface area contributed by atoms with Gasteiger partial charge in [0, 0.05) is 28.9 Å². The quantitative estimate of drug-likeness (QED) is 0.194. The lowest BCUT2D eigenvalue weighted by Gasteiger charge is -2.29. The van der Waals surface area contributed by atoms with Crippen molar-refractivity contribution in [1.29, 1.82) is 0 Å². The highest BCUT2D eigenvalue weighted by Crippen LogP contribution is 2.36. The third-order valence-corrected chi connectivity index (χ3v) is 9.38. The van der Waals surface area contributed by atoms with Crippen LogP contribution in [0.5, 0.6) is 0 Å². The molecule has 0 amide bonds. The van der Waals surface area contributed by atoms with E-state index in [4.69, 9.17) is 27.1 Å². The molecule has 0 radical (unpaired) electrons. The molecule has 0 saturated heterocycles. The van der Waals surface area contributed by atoms with Crippen LogP contribution in [-0.2, 0) is 14.8 Å². The minimum atomic E-state index is -3.84. The van der Waals surface area contributed by atoms with E-state index in [1.165, 1.54) is 3.97 Å². The highest BCUT2D eigenvalue weighted by Gasteiger charge is 2.25. The van der Waals surface area contributed by atoms with Crippen molar-refractivity contribution < 1.29 is 13.2 Å². The van der Waals surface area contributed by atoms with Gasteiger partial charge in [-0.2, -0.15) is 0 Å². The van der Waals surface area contributed by atoms with Gasteiger partial charge >= 0.3 is 0 Å². The Morgan fingerprint density at radius 3 is 2.57 bits per heavy atom. The van der Waals surface area contributed by atoms with Gasteiger partial charge in [0.2, 0.25) is 5.95 Å². The predicted molar refractivity (Wildman–Crippen MR) is 169 cm³/mol. The second-order valence-corrected chi connectivity index (χ2v) is 12.4. The maximum atomic E-state index is 13.6. The van der Waals surface area contributed by atoms with Crippen molar-refractivity contribution in [2.75, 3.05) is 11.9 Å². The SMILES string of the molecule is C=C/C(=C\C(N)=C/C)CO[C@H]1CC[C@H](Nc2ncc(Cl)c(-c3cn(S(=O)(=O)c4ccccc4)c4ccccc34)n2)CC1. The van der Waals surface area contributed by atoms with Gasteiger partial charge < -0.3 is 15.8 Å². The van der Waals surface area contributed by atoms with Crippen LogP contribution in [0.4, 0.5) is 5.95 Å². The second kappa shape index (κ2) is 12.9. The number of para-hydroxylation sites is 1.